The lowest BCUT2D eigenvalue weighted by Gasteiger charge is -1.89. The van der Waals surface area contributed by atoms with E-state index in [0.29, 0.717) is 0 Å². The van der Waals surface area contributed by atoms with Crippen LogP contribution in [0.4, 0.5) is 0 Å². The van der Waals surface area contributed by atoms with Crippen LogP contribution in [0.1, 0.15) is 6.42 Å². The third-order valence-corrected chi connectivity index (χ3v) is 1.09. The van der Waals surface area contributed by atoms with Gasteiger partial charge in [-0.15, -0.1) is 0 Å². The Kier molecular flexibility index (Phi) is 12.6. The fraction of sp³-hybridized carbons (Fsp3) is 0.444. The highest BCUT2D eigenvalue weighted by molar-refractivity contribution is 5.71. The third-order valence-electron chi connectivity index (χ3n) is 1.09. The number of esters is 2. The van der Waals surface area contributed by atoms with E-state index >= 15 is 0 Å². The first-order chi connectivity index (χ1) is 7.12. The number of nitrogens with zero attached hydrogens (tertiary/aromatic N) is 1. The molecule has 0 radical (unpaired) electrons. The second-order valence-electron chi connectivity index (χ2n) is 2.07. The molecule has 0 rings (SSSR count). The molecule has 0 atom stereocenters. The molecule has 0 aromatic heterocycles. The van der Waals surface area contributed by atoms with Gasteiger partial charge in [-0.2, -0.15) is 0 Å². The SMILES string of the molecule is COC(=O)CN.[C-]#[N+]C=CCC(=O)OC. The minimum Gasteiger partial charge on any atom is -0.469 e. The molecule has 0 aliphatic rings. The molecule has 0 spiro atoms. The van der Waals surface area contributed by atoms with Gasteiger partial charge in [-0.25, -0.2) is 4.85 Å². The monoisotopic (exact) mass is 214 g/mol. The molecule has 84 valence electrons. The van der Waals surface area contributed by atoms with E-state index in [1.54, 1.807) is 0 Å². The van der Waals surface area contributed by atoms with E-state index in [-0.39, 0.29) is 24.9 Å². The number of ether oxygens (including phenoxy) is 2. The summed E-state index contributed by atoms with van der Waals surface area (Å²) >= 11 is 0. The molecule has 0 saturated heterocycles. The lowest BCUT2D eigenvalue weighted by Crippen LogP contribution is -2.14. The molecular weight excluding hydrogens is 200 g/mol. The number of nitrogens with two attached hydrogens (primary N) is 1. The van der Waals surface area contributed by atoms with Crippen molar-refractivity contribution in [2.75, 3.05) is 20.8 Å². The third kappa shape index (κ3) is 14.9. The maximum Gasteiger partial charge on any atom is 0.319 e. The molecule has 0 saturated carbocycles. The van der Waals surface area contributed by atoms with Crippen molar-refractivity contribution in [3.63, 3.8) is 0 Å². The summed E-state index contributed by atoms with van der Waals surface area (Å²) in [5.41, 5.74) is 4.81. The minimum atomic E-state index is -0.380. The second-order valence-corrected chi connectivity index (χ2v) is 2.07. The summed E-state index contributed by atoms with van der Waals surface area (Å²) in [7, 11) is 2.61. The Labute approximate surface area is 88.5 Å². The topological polar surface area (TPSA) is 83.0 Å². The lowest BCUT2D eigenvalue weighted by atomic mass is 10.4. The summed E-state index contributed by atoms with van der Waals surface area (Å²) in [6, 6.07) is 0. The summed E-state index contributed by atoms with van der Waals surface area (Å²) in [4.78, 5) is 23.0. The van der Waals surface area contributed by atoms with Crippen LogP contribution in [0.2, 0.25) is 0 Å². The van der Waals surface area contributed by atoms with Crippen LogP contribution < -0.4 is 5.73 Å². The van der Waals surface area contributed by atoms with Crippen molar-refractivity contribution in [3.8, 4) is 0 Å². The van der Waals surface area contributed by atoms with Crippen molar-refractivity contribution in [1.82, 2.24) is 0 Å². The van der Waals surface area contributed by atoms with Gasteiger partial charge in [-0.3, -0.25) is 9.59 Å². The van der Waals surface area contributed by atoms with Gasteiger partial charge >= 0.3 is 11.9 Å². The van der Waals surface area contributed by atoms with E-state index in [0.717, 1.165) is 0 Å². The Bertz CT molecular complexity index is 249. The van der Waals surface area contributed by atoms with Crippen molar-refractivity contribution >= 4 is 11.9 Å². The highest BCUT2D eigenvalue weighted by Crippen LogP contribution is 1.85. The molecule has 0 bridgehead atoms. The molecule has 0 amide bonds. The molecule has 0 aliphatic carbocycles. The molecule has 0 fully saturated rings. The standard InChI is InChI=1S/C6H7NO2.C3H7NO2/c1-7-5-3-4-6(8)9-2;1-6-3(5)2-4/h3,5H,4H2,2H3;2,4H2,1H3. The highest BCUT2D eigenvalue weighted by atomic mass is 16.5. The summed E-state index contributed by atoms with van der Waals surface area (Å²) < 4.78 is 8.44. The Hall–Kier alpha value is -1.87. The number of hydrogen-bond donors (Lipinski definition) is 1. The molecule has 0 aromatic carbocycles. The number of methoxy groups -OCH3 is 2. The van der Waals surface area contributed by atoms with Crippen LogP contribution in [0.3, 0.4) is 0 Å². The highest BCUT2D eigenvalue weighted by Gasteiger charge is 1.91. The summed E-state index contributed by atoms with van der Waals surface area (Å²) in [5.74, 6) is -0.704. The van der Waals surface area contributed by atoms with Gasteiger partial charge < -0.3 is 15.2 Å². The van der Waals surface area contributed by atoms with Crippen LogP contribution in [-0.4, -0.2) is 32.7 Å². The van der Waals surface area contributed by atoms with E-state index in [4.69, 9.17) is 12.3 Å². The summed E-state index contributed by atoms with van der Waals surface area (Å²) in [6.07, 6.45) is 2.87. The average Bonchev–Trinajstić information content (AvgIpc) is 2.28. The molecule has 0 heterocycles. The number of carbonyl (C=O) groups excluding carboxylic acids is 2. The van der Waals surface area contributed by atoms with Gasteiger partial charge in [0.25, 0.3) is 0 Å². The zero-order valence-corrected chi connectivity index (χ0v) is 8.73. The number of carbonyl (C=O) groups is 2. The Morgan fingerprint density at radius 3 is 2.13 bits per heavy atom. The first-order valence-corrected chi connectivity index (χ1v) is 3.97. The van der Waals surface area contributed by atoms with Crippen LogP contribution in [0.15, 0.2) is 12.3 Å². The van der Waals surface area contributed by atoms with E-state index in [2.05, 4.69) is 14.3 Å². The zero-order valence-electron chi connectivity index (χ0n) is 8.73. The predicted molar refractivity (Wildman–Crippen MR) is 53.4 cm³/mol. The van der Waals surface area contributed by atoms with Crippen molar-refractivity contribution in [1.29, 1.82) is 0 Å². The molecular formula is C9H14N2O4. The van der Waals surface area contributed by atoms with Crippen LogP contribution in [0, 0.1) is 6.57 Å². The Morgan fingerprint density at radius 2 is 1.87 bits per heavy atom. The maximum absolute atomic E-state index is 10.3. The van der Waals surface area contributed by atoms with E-state index in [9.17, 15) is 9.59 Å². The van der Waals surface area contributed by atoms with Crippen LogP contribution in [0.5, 0.6) is 0 Å². The molecule has 15 heavy (non-hydrogen) atoms. The van der Waals surface area contributed by atoms with Gasteiger partial charge in [0, 0.05) is 0 Å². The smallest absolute Gasteiger partial charge is 0.319 e. The van der Waals surface area contributed by atoms with Gasteiger partial charge in [-0.1, -0.05) is 6.08 Å². The largest absolute Gasteiger partial charge is 0.469 e. The number of rotatable bonds is 3. The predicted octanol–water partition coefficient (Wildman–Crippen LogP) is 0.101. The van der Waals surface area contributed by atoms with Gasteiger partial charge in [0.2, 0.25) is 0 Å². The summed E-state index contributed by atoms with van der Waals surface area (Å²) in [6.45, 7) is 6.26. The Morgan fingerprint density at radius 1 is 1.33 bits per heavy atom. The second kappa shape index (κ2) is 12.1. The van der Waals surface area contributed by atoms with Crippen molar-refractivity contribution in [2.24, 2.45) is 5.73 Å². The maximum atomic E-state index is 10.3. The number of hydrogen-bond acceptors (Lipinski definition) is 5. The van der Waals surface area contributed by atoms with Gasteiger partial charge in [-0.05, 0) is 0 Å². The molecule has 6 nitrogen and oxygen atoms in total. The van der Waals surface area contributed by atoms with Gasteiger partial charge in [0.15, 0.2) is 6.20 Å². The molecule has 0 aliphatic heterocycles. The fourth-order valence-corrected chi connectivity index (χ4v) is 0.368. The first-order valence-electron chi connectivity index (χ1n) is 3.97. The van der Waals surface area contributed by atoms with E-state index in [1.165, 1.54) is 26.5 Å². The first kappa shape index (κ1) is 15.6. The molecule has 0 unspecified atom stereocenters. The van der Waals surface area contributed by atoms with E-state index < -0.39 is 0 Å². The Balaban J connectivity index is 0. The quantitative estimate of drug-likeness (QED) is 0.532. The normalized spacial score (nSPS) is 8.40. The van der Waals surface area contributed by atoms with Crippen LogP contribution in [0.25, 0.3) is 4.85 Å². The van der Waals surface area contributed by atoms with Crippen molar-refractivity contribution in [2.45, 2.75) is 6.42 Å². The molecule has 0 aromatic rings. The van der Waals surface area contributed by atoms with Crippen molar-refractivity contribution in [3.05, 3.63) is 23.7 Å². The van der Waals surface area contributed by atoms with Crippen LogP contribution >= 0.6 is 0 Å². The van der Waals surface area contributed by atoms with Gasteiger partial charge in [0.1, 0.15) is 0 Å². The summed E-state index contributed by atoms with van der Waals surface area (Å²) in [5, 5.41) is 0. The van der Waals surface area contributed by atoms with E-state index in [1.807, 2.05) is 0 Å². The fourth-order valence-electron chi connectivity index (χ4n) is 0.368. The minimum absolute atomic E-state index is 0.0312. The van der Waals surface area contributed by atoms with Gasteiger partial charge in [0.05, 0.1) is 33.8 Å². The van der Waals surface area contributed by atoms with Crippen molar-refractivity contribution < 1.29 is 19.1 Å². The molecule has 2 N–H and O–H groups in total. The van der Waals surface area contributed by atoms with Crippen LogP contribution in [-0.2, 0) is 19.1 Å². The molecule has 6 heteroatoms. The lowest BCUT2D eigenvalue weighted by molar-refractivity contribution is -0.140. The average molecular weight is 214 g/mol. The zero-order chi connectivity index (χ0) is 12.1.